The van der Waals surface area contributed by atoms with Gasteiger partial charge in [-0.1, -0.05) is 0 Å². The van der Waals surface area contributed by atoms with Crippen molar-refractivity contribution >= 4 is 11.9 Å². The van der Waals surface area contributed by atoms with Crippen molar-refractivity contribution in [3.63, 3.8) is 0 Å². The van der Waals surface area contributed by atoms with E-state index in [2.05, 4.69) is 0 Å². The molecule has 4 nitrogen and oxygen atoms in total. The van der Waals surface area contributed by atoms with E-state index in [1.807, 2.05) is 0 Å². The Hall–Kier alpha value is -1.27. The quantitative estimate of drug-likeness (QED) is 0.817. The number of halogens is 3. The van der Waals surface area contributed by atoms with Crippen LogP contribution >= 0.6 is 0 Å². The lowest BCUT2D eigenvalue weighted by molar-refractivity contribution is -0.161. The molecule has 1 amide bonds. The van der Waals surface area contributed by atoms with E-state index >= 15 is 0 Å². The number of carbonyl (C=O) groups is 2. The third-order valence-corrected chi connectivity index (χ3v) is 2.44. The molecule has 0 rings (SSSR count). The maximum Gasteiger partial charge on any atom is 0.389 e. The molecule has 0 saturated carbocycles. The molecule has 0 aliphatic heterocycles. The van der Waals surface area contributed by atoms with Crippen molar-refractivity contribution < 1.29 is 27.9 Å². The average Bonchev–Trinajstić information content (AvgIpc) is 2.14. The predicted molar refractivity (Wildman–Crippen MR) is 54.4 cm³/mol. The third kappa shape index (κ3) is 4.62. The number of alkyl halides is 3. The molecule has 0 spiro atoms. The molecule has 1 N–H and O–H groups in total. The van der Waals surface area contributed by atoms with Crippen LogP contribution in [-0.2, 0) is 9.59 Å². The van der Waals surface area contributed by atoms with Crippen molar-refractivity contribution in [2.24, 2.45) is 0 Å². The van der Waals surface area contributed by atoms with E-state index in [0.29, 0.717) is 0 Å². The van der Waals surface area contributed by atoms with Gasteiger partial charge < -0.3 is 10.0 Å². The van der Waals surface area contributed by atoms with Gasteiger partial charge in [0.2, 0.25) is 5.91 Å². The third-order valence-electron chi connectivity index (χ3n) is 2.44. The van der Waals surface area contributed by atoms with Gasteiger partial charge in [0.25, 0.3) is 0 Å². The molecule has 0 aromatic heterocycles. The summed E-state index contributed by atoms with van der Waals surface area (Å²) in [6.45, 7) is 4.14. The van der Waals surface area contributed by atoms with Crippen molar-refractivity contribution in [1.29, 1.82) is 0 Å². The van der Waals surface area contributed by atoms with Gasteiger partial charge in [0, 0.05) is 13.0 Å². The predicted octanol–water partition coefficient (Wildman–Crippen LogP) is 2.04. The Kier molecular flexibility index (Phi) is 4.97. The lowest BCUT2D eigenvalue weighted by Gasteiger charge is -2.34. The van der Waals surface area contributed by atoms with Gasteiger partial charge in [0.05, 0.1) is 6.42 Å². The molecule has 100 valence electrons. The fourth-order valence-electron chi connectivity index (χ4n) is 1.38. The Bertz CT molecular complexity index is 300. The van der Waals surface area contributed by atoms with Crippen molar-refractivity contribution in [3.8, 4) is 0 Å². The topological polar surface area (TPSA) is 57.6 Å². The molecule has 0 saturated heterocycles. The first kappa shape index (κ1) is 15.7. The smallest absolute Gasteiger partial charge is 0.389 e. The van der Waals surface area contributed by atoms with Crippen molar-refractivity contribution in [1.82, 2.24) is 4.90 Å². The Labute approximate surface area is 97.4 Å². The van der Waals surface area contributed by atoms with Crippen LogP contribution in [0.15, 0.2) is 0 Å². The monoisotopic (exact) mass is 255 g/mol. The average molecular weight is 255 g/mol. The molecule has 0 unspecified atom stereocenters. The van der Waals surface area contributed by atoms with Gasteiger partial charge in [-0.2, -0.15) is 13.2 Å². The van der Waals surface area contributed by atoms with Crippen LogP contribution in [0.4, 0.5) is 13.2 Å². The van der Waals surface area contributed by atoms with E-state index in [-0.39, 0.29) is 6.54 Å². The number of carboxylic acids is 1. The summed E-state index contributed by atoms with van der Waals surface area (Å²) in [4.78, 5) is 23.4. The number of hydrogen-bond donors (Lipinski definition) is 1. The summed E-state index contributed by atoms with van der Waals surface area (Å²) in [5.41, 5.74) is -1.50. The van der Waals surface area contributed by atoms with Gasteiger partial charge in [-0.25, -0.2) is 4.79 Å². The Morgan fingerprint density at radius 1 is 1.24 bits per heavy atom. The van der Waals surface area contributed by atoms with Crippen LogP contribution < -0.4 is 0 Å². The zero-order chi connectivity index (χ0) is 13.9. The van der Waals surface area contributed by atoms with Crippen molar-refractivity contribution in [3.05, 3.63) is 0 Å². The zero-order valence-corrected chi connectivity index (χ0v) is 9.97. The van der Waals surface area contributed by atoms with Gasteiger partial charge in [-0.15, -0.1) is 0 Å². The molecule has 0 aliphatic rings. The Morgan fingerprint density at radius 2 is 1.71 bits per heavy atom. The van der Waals surface area contributed by atoms with Gasteiger partial charge in [-0.05, 0) is 20.8 Å². The molecular weight excluding hydrogens is 239 g/mol. The number of carboxylic acid groups (broad SMARTS) is 1. The van der Waals surface area contributed by atoms with Gasteiger partial charge in [0.1, 0.15) is 5.54 Å². The van der Waals surface area contributed by atoms with Crippen LogP contribution in [-0.4, -0.2) is 40.1 Å². The minimum atomic E-state index is -4.41. The van der Waals surface area contributed by atoms with Crippen LogP contribution in [0.25, 0.3) is 0 Å². The van der Waals surface area contributed by atoms with Crippen LogP contribution in [0.1, 0.15) is 33.6 Å². The summed E-state index contributed by atoms with van der Waals surface area (Å²) >= 11 is 0. The second-order valence-corrected chi connectivity index (χ2v) is 4.12. The molecule has 0 aliphatic carbocycles. The van der Waals surface area contributed by atoms with Gasteiger partial charge in [0.15, 0.2) is 0 Å². The Morgan fingerprint density at radius 3 is 2.00 bits per heavy atom. The van der Waals surface area contributed by atoms with E-state index in [1.54, 1.807) is 0 Å². The highest BCUT2D eigenvalue weighted by Gasteiger charge is 2.38. The summed E-state index contributed by atoms with van der Waals surface area (Å²) in [5, 5.41) is 8.90. The molecule has 0 bridgehead atoms. The first-order valence-corrected chi connectivity index (χ1v) is 5.13. The lowest BCUT2D eigenvalue weighted by Crippen LogP contribution is -2.53. The molecule has 7 heteroatoms. The highest BCUT2D eigenvalue weighted by Crippen LogP contribution is 2.23. The number of rotatable bonds is 5. The number of amides is 1. The number of aliphatic carboxylic acids is 1. The minimum absolute atomic E-state index is 0.0516. The molecule has 0 heterocycles. The van der Waals surface area contributed by atoms with E-state index < -0.39 is 36.4 Å². The lowest BCUT2D eigenvalue weighted by atomic mass is 10.0. The van der Waals surface area contributed by atoms with E-state index in [9.17, 15) is 22.8 Å². The number of carbonyl (C=O) groups excluding carboxylic acids is 1. The summed E-state index contributed by atoms with van der Waals surface area (Å²) < 4.78 is 35.9. The highest BCUT2D eigenvalue weighted by atomic mass is 19.4. The van der Waals surface area contributed by atoms with Crippen LogP contribution in [0.5, 0.6) is 0 Å². The largest absolute Gasteiger partial charge is 0.480 e. The van der Waals surface area contributed by atoms with Crippen molar-refractivity contribution in [2.45, 2.75) is 45.3 Å². The first-order valence-electron chi connectivity index (χ1n) is 5.13. The Balaban J connectivity index is 4.68. The fourth-order valence-corrected chi connectivity index (χ4v) is 1.38. The summed E-state index contributed by atoms with van der Waals surface area (Å²) in [6.07, 6.45) is -6.38. The number of nitrogens with zero attached hydrogens (tertiary/aromatic N) is 1. The summed E-state index contributed by atoms with van der Waals surface area (Å²) in [6, 6.07) is 0. The SMILES string of the molecule is CCN(C(=O)CCC(F)(F)F)C(C)(C)C(=O)O. The van der Waals surface area contributed by atoms with E-state index in [4.69, 9.17) is 5.11 Å². The number of likely N-dealkylation sites (N-methyl/N-ethyl adjacent to an activating group) is 1. The standard InChI is InChI=1S/C10H16F3NO3/c1-4-14(9(2,3)8(16)17)7(15)5-6-10(11,12)13/h4-6H2,1-3H3,(H,16,17). The van der Waals surface area contributed by atoms with Crippen LogP contribution in [0, 0.1) is 0 Å². The summed E-state index contributed by atoms with van der Waals surface area (Å²) in [5.74, 6) is -2.06. The minimum Gasteiger partial charge on any atom is -0.480 e. The normalized spacial score (nSPS) is 12.4. The zero-order valence-electron chi connectivity index (χ0n) is 9.97. The van der Waals surface area contributed by atoms with E-state index in [0.717, 1.165) is 4.90 Å². The first-order chi connectivity index (χ1) is 7.52. The molecule has 0 atom stereocenters. The molecule has 0 radical (unpaired) electrons. The van der Waals surface area contributed by atoms with Gasteiger partial charge in [-0.3, -0.25) is 4.79 Å². The molecule has 17 heavy (non-hydrogen) atoms. The van der Waals surface area contributed by atoms with Crippen molar-refractivity contribution in [2.75, 3.05) is 6.54 Å². The molecular formula is C10H16F3NO3. The maximum absolute atomic E-state index is 12.0. The maximum atomic E-state index is 12.0. The second kappa shape index (κ2) is 5.37. The fraction of sp³-hybridized carbons (Fsp3) is 0.800. The second-order valence-electron chi connectivity index (χ2n) is 4.12. The molecule has 0 aromatic carbocycles. The van der Waals surface area contributed by atoms with E-state index in [1.165, 1.54) is 20.8 Å². The summed E-state index contributed by atoms with van der Waals surface area (Å²) in [7, 11) is 0. The van der Waals surface area contributed by atoms with Crippen LogP contribution in [0.2, 0.25) is 0 Å². The van der Waals surface area contributed by atoms with Crippen LogP contribution in [0.3, 0.4) is 0 Å². The van der Waals surface area contributed by atoms with Gasteiger partial charge >= 0.3 is 12.1 Å². The molecule has 0 aromatic rings. The number of hydrogen-bond acceptors (Lipinski definition) is 2. The highest BCUT2D eigenvalue weighted by molar-refractivity contribution is 5.86. The molecule has 0 fully saturated rings.